The minimum Gasteiger partial charge on any atom is -0.461 e. The molecule has 0 fully saturated rings. The Morgan fingerprint density at radius 2 is 1.88 bits per heavy atom. The standard InChI is InChI=1S/C20H19NO4/c1-4-15-11-17-18(24-15)9-13(12-22)10-19(17)25-16-7-5-14(6-8-16)20(23)21(2)3/h5-12H,4H2,1-3H3. The van der Waals surface area contributed by atoms with Crippen LogP contribution in [0.5, 0.6) is 11.5 Å². The van der Waals surface area contributed by atoms with Crippen LogP contribution in [-0.2, 0) is 6.42 Å². The van der Waals surface area contributed by atoms with Gasteiger partial charge >= 0.3 is 0 Å². The van der Waals surface area contributed by atoms with E-state index < -0.39 is 0 Å². The normalized spacial score (nSPS) is 10.7. The second-order valence-corrected chi connectivity index (χ2v) is 5.94. The Labute approximate surface area is 145 Å². The summed E-state index contributed by atoms with van der Waals surface area (Å²) in [6, 6.07) is 12.2. The third kappa shape index (κ3) is 3.40. The number of benzene rings is 2. The van der Waals surface area contributed by atoms with Crippen LogP contribution in [0.3, 0.4) is 0 Å². The van der Waals surface area contributed by atoms with E-state index in [1.165, 1.54) is 4.90 Å². The average Bonchev–Trinajstić information content (AvgIpc) is 3.05. The summed E-state index contributed by atoms with van der Waals surface area (Å²) in [5.74, 6) is 1.89. The van der Waals surface area contributed by atoms with E-state index in [9.17, 15) is 9.59 Å². The summed E-state index contributed by atoms with van der Waals surface area (Å²) in [6.45, 7) is 2.00. The van der Waals surface area contributed by atoms with E-state index in [1.807, 2.05) is 13.0 Å². The minimum absolute atomic E-state index is 0.0701. The number of hydrogen-bond donors (Lipinski definition) is 0. The van der Waals surface area contributed by atoms with E-state index in [0.717, 1.165) is 23.9 Å². The highest BCUT2D eigenvalue weighted by Gasteiger charge is 2.12. The van der Waals surface area contributed by atoms with E-state index in [-0.39, 0.29) is 5.91 Å². The third-order valence-electron chi connectivity index (χ3n) is 3.89. The van der Waals surface area contributed by atoms with Gasteiger partial charge in [-0.15, -0.1) is 0 Å². The third-order valence-corrected chi connectivity index (χ3v) is 3.89. The molecule has 5 nitrogen and oxygen atoms in total. The first-order valence-corrected chi connectivity index (χ1v) is 8.03. The number of hydrogen-bond acceptors (Lipinski definition) is 4. The Balaban J connectivity index is 1.95. The fourth-order valence-corrected chi connectivity index (χ4v) is 2.56. The van der Waals surface area contributed by atoms with Gasteiger partial charge in [-0.05, 0) is 42.5 Å². The second-order valence-electron chi connectivity index (χ2n) is 5.94. The van der Waals surface area contributed by atoms with Crippen molar-refractivity contribution >= 4 is 23.2 Å². The number of ether oxygens (including phenoxy) is 1. The number of aldehydes is 1. The number of rotatable bonds is 5. The molecule has 0 spiro atoms. The molecule has 1 aromatic heterocycles. The predicted molar refractivity (Wildman–Crippen MR) is 95.5 cm³/mol. The summed E-state index contributed by atoms with van der Waals surface area (Å²) in [6.07, 6.45) is 1.52. The average molecular weight is 337 g/mol. The Bertz CT molecular complexity index is 923. The van der Waals surface area contributed by atoms with Gasteiger partial charge in [-0.2, -0.15) is 0 Å². The molecule has 0 radical (unpaired) electrons. The van der Waals surface area contributed by atoms with E-state index in [2.05, 4.69) is 0 Å². The molecule has 0 aliphatic carbocycles. The van der Waals surface area contributed by atoms with Gasteiger partial charge in [-0.3, -0.25) is 9.59 Å². The van der Waals surface area contributed by atoms with Gasteiger partial charge in [0.25, 0.3) is 5.91 Å². The molecule has 5 heteroatoms. The van der Waals surface area contributed by atoms with E-state index in [4.69, 9.17) is 9.15 Å². The highest BCUT2D eigenvalue weighted by Crippen LogP contribution is 2.33. The predicted octanol–water partition coefficient (Wildman–Crippen LogP) is 4.30. The zero-order chi connectivity index (χ0) is 18.0. The lowest BCUT2D eigenvalue weighted by Gasteiger charge is -2.11. The summed E-state index contributed by atoms with van der Waals surface area (Å²) < 4.78 is 11.7. The zero-order valence-corrected chi connectivity index (χ0v) is 14.4. The van der Waals surface area contributed by atoms with Crippen LogP contribution in [0.2, 0.25) is 0 Å². The van der Waals surface area contributed by atoms with Gasteiger partial charge in [-0.25, -0.2) is 0 Å². The van der Waals surface area contributed by atoms with Crippen LogP contribution in [0, 0.1) is 0 Å². The van der Waals surface area contributed by atoms with Crippen LogP contribution >= 0.6 is 0 Å². The molecule has 0 aliphatic heterocycles. The Morgan fingerprint density at radius 1 is 1.16 bits per heavy atom. The quantitative estimate of drug-likeness (QED) is 0.651. The van der Waals surface area contributed by atoms with Crippen LogP contribution in [0.4, 0.5) is 0 Å². The minimum atomic E-state index is -0.0701. The zero-order valence-electron chi connectivity index (χ0n) is 14.4. The highest BCUT2D eigenvalue weighted by molar-refractivity contribution is 5.94. The number of aryl methyl sites for hydroxylation is 1. The highest BCUT2D eigenvalue weighted by atomic mass is 16.5. The van der Waals surface area contributed by atoms with Gasteiger partial charge in [0, 0.05) is 31.6 Å². The fourth-order valence-electron chi connectivity index (χ4n) is 2.56. The molecule has 1 heterocycles. The first kappa shape index (κ1) is 16.8. The largest absolute Gasteiger partial charge is 0.461 e. The summed E-state index contributed by atoms with van der Waals surface area (Å²) in [5.41, 5.74) is 1.69. The van der Waals surface area contributed by atoms with Gasteiger partial charge in [0.2, 0.25) is 0 Å². The lowest BCUT2D eigenvalue weighted by atomic mass is 10.1. The van der Waals surface area contributed by atoms with Crippen molar-refractivity contribution in [3.63, 3.8) is 0 Å². The van der Waals surface area contributed by atoms with Crippen LogP contribution in [0.15, 0.2) is 46.9 Å². The monoisotopic (exact) mass is 337 g/mol. The molecule has 1 amide bonds. The number of carbonyl (C=O) groups excluding carboxylic acids is 2. The molecule has 0 saturated heterocycles. The molecule has 0 N–H and O–H groups in total. The summed E-state index contributed by atoms with van der Waals surface area (Å²) in [5, 5.41) is 0.816. The van der Waals surface area contributed by atoms with Crippen molar-refractivity contribution in [2.75, 3.05) is 14.1 Å². The summed E-state index contributed by atoms with van der Waals surface area (Å²) >= 11 is 0. The number of nitrogens with zero attached hydrogens (tertiary/aromatic N) is 1. The molecule has 0 unspecified atom stereocenters. The van der Waals surface area contributed by atoms with Gasteiger partial charge in [-0.1, -0.05) is 6.92 Å². The van der Waals surface area contributed by atoms with E-state index in [0.29, 0.717) is 28.2 Å². The number of fused-ring (bicyclic) bond motifs is 1. The van der Waals surface area contributed by atoms with Crippen molar-refractivity contribution in [2.24, 2.45) is 0 Å². The van der Waals surface area contributed by atoms with Crippen LogP contribution in [0.1, 0.15) is 33.4 Å². The molecular formula is C20H19NO4. The maximum Gasteiger partial charge on any atom is 0.253 e. The molecule has 25 heavy (non-hydrogen) atoms. The molecule has 0 bridgehead atoms. The van der Waals surface area contributed by atoms with Crippen molar-refractivity contribution < 1.29 is 18.7 Å². The van der Waals surface area contributed by atoms with Crippen LogP contribution in [0.25, 0.3) is 11.0 Å². The SMILES string of the molecule is CCc1cc2c(Oc3ccc(C(=O)N(C)C)cc3)cc(C=O)cc2o1. The molecular weight excluding hydrogens is 318 g/mol. The van der Waals surface area contributed by atoms with Crippen molar-refractivity contribution in [1.82, 2.24) is 4.90 Å². The molecule has 3 aromatic rings. The van der Waals surface area contributed by atoms with Crippen molar-refractivity contribution in [1.29, 1.82) is 0 Å². The van der Waals surface area contributed by atoms with Crippen molar-refractivity contribution in [3.8, 4) is 11.5 Å². The van der Waals surface area contributed by atoms with E-state index in [1.54, 1.807) is 50.5 Å². The van der Waals surface area contributed by atoms with Gasteiger partial charge in [0.1, 0.15) is 29.1 Å². The topological polar surface area (TPSA) is 59.8 Å². The molecule has 0 atom stereocenters. The molecule has 2 aromatic carbocycles. The Hall–Kier alpha value is -3.08. The molecule has 3 rings (SSSR count). The van der Waals surface area contributed by atoms with Crippen LogP contribution < -0.4 is 4.74 Å². The Morgan fingerprint density at radius 3 is 2.48 bits per heavy atom. The lowest BCUT2D eigenvalue weighted by Crippen LogP contribution is -2.21. The first-order valence-electron chi connectivity index (χ1n) is 8.03. The van der Waals surface area contributed by atoms with E-state index >= 15 is 0 Å². The fraction of sp³-hybridized carbons (Fsp3) is 0.200. The van der Waals surface area contributed by atoms with Crippen molar-refractivity contribution in [3.05, 3.63) is 59.4 Å². The Kier molecular flexibility index (Phi) is 4.57. The first-order chi connectivity index (χ1) is 12.0. The van der Waals surface area contributed by atoms with Crippen LogP contribution in [-0.4, -0.2) is 31.2 Å². The maximum absolute atomic E-state index is 11.9. The van der Waals surface area contributed by atoms with Crippen molar-refractivity contribution in [2.45, 2.75) is 13.3 Å². The summed E-state index contributed by atoms with van der Waals surface area (Å²) in [4.78, 5) is 24.6. The smallest absolute Gasteiger partial charge is 0.253 e. The summed E-state index contributed by atoms with van der Waals surface area (Å²) in [7, 11) is 3.41. The maximum atomic E-state index is 11.9. The number of carbonyl (C=O) groups is 2. The lowest BCUT2D eigenvalue weighted by molar-refractivity contribution is 0.0827. The second kappa shape index (κ2) is 6.81. The number of furan rings is 1. The van der Waals surface area contributed by atoms with Gasteiger partial charge in [0.15, 0.2) is 0 Å². The molecule has 128 valence electrons. The molecule has 0 saturated carbocycles. The van der Waals surface area contributed by atoms with Gasteiger partial charge in [0.05, 0.1) is 5.39 Å². The molecule has 0 aliphatic rings. The number of amides is 1. The van der Waals surface area contributed by atoms with Gasteiger partial charge < -0.3 is 14.1 Å².